The molecule has 0 saturated heterocycles. The zero-order valence-corrected chi connectivity index (χ0v) is 14.4. The van der Waals surface area contributed by atoms with Crippen LogP contribution in [0.5, 0.6) is 0 Å². The van der Waals surface area contributed by atoms with Crippen LogP contribution in [0.1, 0.15) is 36.3 Å². The SMILES string of the molecule is C[NH+](C)[C@@H]1CCC[C@@H]1OC(=O)C(c1ccccc1)c1ccccc1. The molecule has 0 bridgehead atoms. The Morgan fingerprint density at radius 2 is 1.50 bits per heavy atom. The summed E-state index contributed by atoms with van der Waals surface area (Å²) in [4.78, 5) is 14.4. The first kappa shape index (κ1) is 16.7. The van der Waals surface area contributed by atoms with E-state index in [4.69, 9.17) is 4.74 Å². The minimum Gasteiger partial charge on any atom is -0.455 e. The van der Waals surface area contributed by atoms with Crippen LogP contribution < -0.4 is 4.90 Å². The predicted octanol–water partition coefficient (Wildman–Crippen LogP) is 2.43. The second-order valence-corrected chi connectivity index (χ2v) is 6.84. The highest BCUT2D eigenvalue weighted by Gasteiger charge is 2.37. The van der Waals surface area contributed by atoms with E-state index < -0.39 is 0 Å². The number of carbonyl (C=O) groups is 1. The number of esters is 1. The Morgan fingerprint density at radius 1 is 0.958 bits per heavy atom. The molecule has 1 N–H and O–H groups in total. The summed E-state index contributed by atoms with van der Waals surface area (Å²) in [5.41, 5.74) is 1.97. The number of ether oxygens (including phenoxy) is 1. The molecule has 3 nitrogen and oxygen atoms in total. The molecule has 0 aromatic heterocycles. The van der Waals surface area contributed by atoms with Gasteiger partial charge in [-0.15, -0.1) is 0 Å². The molecule has 24 heavy (non-hydrogen) atoms. The zero-order chi connectivity index (χ0) is 16.9. The van der Waals surface area contributed by atoms with Gasteiger partial charge in [0.1, 0.15) is 12.0 Å². The maximum atomic E-state index is 13.0. The number of likely N-dealkylation sites (N-methyl/N-ethyl adjacent to an activating group) is 1. The number of benzene rings is 2. The molecule has 3 heteroatoms. The molecule has 0 heterocycles. The van der Waals surface area contributed by atoms with Gasteiger partial charge in [-0.3, -0.25) is 4.79 Å². The number of carbonyl (C=O) groups excluding carboxylic acids is 1. The molecule has 1 aliphatic rings. The van der Waals surface area contributed by atoms with E-state index in [1.54, 1.807) is 0 Å². The van der Waals surface area contributed by atoms with Crippen molar-refractivity contribution in [3.63, 3.8) is 0 Å². The molecular weight excluding hydrogens is 298 g/mol. The lowest BCUT2D eigenvalue weighted by Gasteiger charge is -2.25. The van der Waals surface area contributed by atoms with Gasteiger partial charge in [0.05, 0.1) is 14.1 Å². The lowest BCUT2D eigenvalue weighted by molar-refractivity contribution is -0.888. The largest absolute Gasteiger partial charge is 0.455 e. The molecule has 0 aliphatic heterocycles. The lowest BCUT2D eigenvalue weighted by Crippen LogP contribution is -3.11. The minimum absolute atomic E-state index is 0.0254. The van der Waals surface area contributed by atoms with Gasteiger partial charge in [0.25, 0.3) is 0 Å². The van der Waals surface area contributed by atoms with E-state index in [2.05, 4.69) is 14.1 Å². The molecule has 1 aliphatic carbocycles. The average Bonchev–Trinajstić information content (AvgIpc) is 3.05. The molecule has 2 aromatic carbocycles. The summed E-state index contributed by atoms with van der Waals surface area (Å²) >= 11 is 0. The van der Waals surface area contributed by atoms with Crippen molar-refractivity contribution in [1.29, 1.82) is 0 Å². The van der Waals surface area contributed by atoms with Gasteiger partial charge in [-0.1, -0.05) is 60.7 Å². The fourth-order valence-electron chi connectivity index (χ4n) is 3.70. The normalized spacial score (nSPS) is 20.5. The van der Waals surface area contributed by atoms with Crippen LogP contribution in [0, 0.1) is 0 Å². The van der Waals surface area contributed by atoms with Crippen LogP contribution in [0.3, 0.4) is 0 Å². The Morgan fingerprint density at radius 3 is 2.00 bits per heavy atom. The van der Waals surface area contributed by atoms with Gasteiger partial charge in [0, 0.05) is 6.42 Å². The maximum absolute atomic E-state index is 13.0. The first-order chi connectivity index (χ1) is 11.7. The third-order valence-electron chi connectivity index (χ3n) is 4.96. The van der Waals surface area contributed by atoms with E-state index in [0.717, 1.165) is 30.4 Å². The number of quaternary nitrogens is 1. The number of hydrogen-bond donors (Lipinski definition) is 1. The Hall–Kier alpha value is -2.13. The standard InChI is InChI=1S/C21H25NO2/c1-22(2)18-14-9-15-19(18)24-21(23)20(16-10-5-3-6-11-16)17-12-7-4-8-13-17/h3-8,10-13,18-20H,9,14-15H2,1-2H3/p+1/t18-,19+/m1/s1. The quantitative estimate of drug-likeness (QED) is 0.857. The van der Waals surface area contributed by atoms with Crippen molar-refractivity contribution in [2.75, 3.05) is 14.1 Å². The van der Waals surface area contributed by atoms with Crippen molar-refractivity contribution >= 4 is 5.97 Å². The van der Waals surface area contributed by atoms with Crippen LogP contribution in [0.15, 0.2) is 60.7 Å². The van der Waals surface area contributed by atoms with Crippen LogP contribution in [0.2, 0.25) is 0 Å². The molecular formula is C21H26NO2+. The molecule has 1 saturated carbocycles. The second kappa shape index (κ2) is 7.63. The summed E-state index contributed by atoms with van der Waals surface area (Å²) in [6.45, 7) is 0. The van der Waals surface area contributed by atoms with Gasteiger partial charge in [-0.05, 0) is 24.0 Å². The van der Waals surface area contributed by atoms with Crippen molar-refractivity contribution in [3.8, 4) is 0 Å². The summed E-state index contributed by atoms with van der Waals surface area (Å²) in [6, 6.07) is 20.2. The van der Waals surface area contributed by atoms with Crippen LogP contribution >= 0.6 is 0 Å². The molecule has 0 unspecified atom stereocenters. The van der Waals surface area contributed by atoms with Crippen LogP contribution in [0.25, 0.3) is 0 Å². The molecule has 126 valence electrons. The van der Waals surface area contributed by atoms with E-state index in [9.17, 15) is 4.79 Å². The fourth-order valence-corrected chi connectivity index (χ4v) is 3.70. The molecule has 0 radical (unpaired) electrons. The highest BCUT2D eigenvalue weighted by molar-refractivity contribution is 5.82. The highest BCUT2D eigenvalue weighted by Crippen LogP contribution is 2.29. The van der Waals surface area contributed by atoms with Crippen molar-refractivity contribution < 1.29 is 14.4 Å². The van der Waals surface area contributed by atoms with E-state index in [1.807, 2.05) is 60.7 Å². The van der Waals surface area contributed by atoms with Gasteiger partial charge in [0.15, 0.2) is 6.10 Å². The van der Waals surface area contributed by atoms with Gasteiger partial charge in [-0.2, -0.15) is 0 Å². The van der Waals surface area contributed by atoms with Crippen LogP contribution in [-0.4, -0.2) is 32.2 Å². The first-order valence-electron chi connectivity index (χ1n) is 8.77. The Balaban J connectivity index is 1.85. The summed E-state index contributed by atoms with van der Waals surface area (Å²) < 4.78 is 6.00. The summed E-state index contributed by atoms with van der Waals surface area (Å²) in [5.74, 6) is -0.489. The summed E-state index contributed by atoms with van der Waals surface area (Å²) in [5, 5.41) is 0. The van der Waals surface area contributed by atoms with E-state index in [1.165, 1.54) is 4.90 Å². The smallest absolute Gasteiger partial charge is 0.318 e. The molecule has 2 atom stereocenters. The molecule has 3 rings (SSSR count). The summed E-state index contributed by atoms with van der Waals surface area (Å²) in [7, 11) is 4.28. The Bertz CT molecular complexity index is 615. The van der Waals surface area contributed by atoms with Gasteiger partial charge in [-0.25, -0.2) is 0 Å². The minimum atomic E-state index is -0.356. The molecule has 2 aromatic rings. The third kappa shape index (κ3) is 3.68. The van der Waals surface area contributed by atoms with Crippen molar-refractivity contribution in [2.24, 2.45) is 0 Å². The monoisotopic (exact) mass is 324 g/mol. The summed E-state index contributed by atoms with van der Waals surface area (Å²) in [6.07, 6.45) is 3.26. The number of hydrogen-bond acceptors (Lipinski definition) is 2. The first-order valence-corrected chi connectivity index (χ1v) is 8.77. The molecule has 1 fully saturated rings. The number of nitrogens with one attached hydrogen (secondary N) is 1. The lowest BCUT2D eigenvalue weighted by atomic mass is 9.91. The topological polar surface area (TPSA) is 30.7 Å². The third-order valence-corrected chi connectivity index (χ3v) is 4.96. The zero-order valence-electron chi connectivity index (χ0n) is 14.4. The van der Waals surface area contributed by atoms with Crippen LogP contribution in [0.4, 0.5) is 0 Å². The predicted molar refractivity (Wildman–Crippen MR) is 95.1 cm³/mol. The van der Waals surface area contributed by atoms with E-state index in [0.29, 0.717) is 6.04 Å². The van der Waals surface area contributed by atoms with E-state index >= 15 is 0 Å². The van der Waals surface area contributed by atoms with Crippen molar-refractivity contribution in [1.82, 2.24) is 0 Å². The Kier molecular flexibility index (Phi) is 5.31. The Labute approximate surface area is 144 Å². The van der Waals surface area contributed by atoms with Crippen molar-refractivity contribution in [2.45, 2.75) is 37.3 Å². The second-order valence-electron chi connectivity index (χ2n) is 6.84. The van der Waals surface area contributed by atoms with Gasteiger partial charge >= 0.3 is 5.97 Å². The average molecular weight is 324 g/mol. The van der Waals surface area contributed by atoms with E-state index in [-0.39, 0.29) is 18.0 Å². The molecule has 0 amide bonds. The van der Waals surface area contributed by atoms with Crippen molar-refractivity contribution in [3.05, 3.63) is 71.8 Å². The molecule has 0 spiro atoms. The van der Waals surface area contributed by atoms with Gasteiger partial charge < -0.3 is 9.64 Å². The highest BCUT2D eigenvalue weighted by atomic mass is 16.5. The maximum Gasteiger partial charge on any atom is 0.318 e. The number of rotatable bonds is 5. The van der Waals surface area contributed by atoms with Gasteiger partial charge in [0.2, 0.25) is 0 Å². The fraction of sp³-hybridized carbons (Fsp3) is 0.381. The van der Waals surface area contributed by atoms with Crippen LogP contribution in [-0.2, 0) is 9.53 Å².